The lowest BCUT2D eigenvalue weighted by Crippen LogP contribution is -2.35. The van der Waals surface area contributed by atoms with Crippen LogP contribution in [-0.2, 0) is 25.0 Å². The number of fused-ring (bicyclic) bond motifs is 1. The van der Waals surface area contributed by atoms with Crippen molar-refractivity contribution in [2.45, 2.75) is 38.9 Å². The smallest absolute Gasteiger partial charge is 0.348 e. The van der Waals surface area contributed by atoms with Crippen LogP contribution in [-0.4, -0.2) is 31.2 Å². The zero-order valence-electron chi connectivity index (χ0n) is 19.9. The number of benzene rings is 2. The Hall–Kier alpha value is -2.93. The van der Waals surface area contributed by atoms with E-state index in [1.165, 1.54) is 17.4 Å². The predicted molar refractivity (Wildman–Crippen MR) is 139 cm³/mol. The van der Waals surface area contributed by atoms with Gasteiger partial charge < -0.3 is 14.0 Å². The van der Waals surface area contributed by atoms with Crippen molar-refractivity contribution in [2.24, 2.45) is 0 Å². The number of ether oxygens (including phenoxy) is 2. The first-order valence-electron chi connectivity index (χ1n) is 11.4. The molecule has 3 rings (SSSR count). The number of carbonyl (C=O) groups is 2. The van der Waals surface area contributed by atoms with Gasteiger partial charge in [-0.3, -0.25) is 9.36 Å². The molecule has 0 saturated heterocycles. The van der Waals surface area contributed by atoms with Gasteiger partial charge in [0.2, 0.25) is 0 Å². The van der Waals surface area contributed by atoms with E-state index in [1.807, 2.05) is 31.2 Å². The Balaban J connectivity index is 1.82. The number of rotatable bonds is 13. The molecule has 2 aromatic carbocycles. The molecular weight excluding hydrogens is 485 g/mol. The van der Waals surface area contributed by atoms with Crippen LogP contribution in [0.2, 0.25) is 0 Å². The molecule has 0 radical (unpaired) electrons. The highest BCUT2D eigenvalue weighted by Gasteiger charge is 2.31. The molecule has 1 unspecified atom stereocenters. The second kappa shape index (κ2) is 12.7. The molecule has 3 aromatic rings. The fourth-order valence-electron chi connectivity index (χ4n) is 3.28. The van der Waals surface area contributed by atoms with Gasteiger partial charge in [0.05, 0.1) is 12.8 Å². The van der Waals surface area contributed by atoms with E-state index in [4.69, 9.17) is 14.0 Å². The highest BCUT2D eigenvalue weighted by molar-refractivity contribution is 7.56. The summed E-state index contributed by atoms with van der Waals surface area (Å²) in [5.74, 6) is -0.465. The monoisotopic (exact) mass is 515 g/mol. The summed E-state index contributed by atoms with van der Waals surface area (Å²) in [6, 6.07) is 15.3. The zero-order valence-corrected chi connectivity index (χ0v) is 21.6. The van der Waals surface area contributed by atoms with E-state index in [2.05, 4.69) is 11.7 Å². The van der Waals surface area contributed by atoms with Crippen molar-refractivity contribution < 1.29 is 28.2 Å². The van der Waals surface area contributed by atoms with Crippen molar-refractivity contribution in [3.8, 4) is 5.75 Å². The molecule has 1 heterocycles. The maximum absolute atomic E-state index is 13.9. The van der Waals surface area contributed by atoms with Gasteiger partial charge in [-0.15, -0.1) is 11.3 Å². The number of nitrogens with one attached hydrogen (secondary N) is 1. The number of unbranched alkanes of at least 4 members (excludes halogenated alkanes) is 1. The topological polar surface area (TPSA) is 90.9 Å². The standard InChI is InChI=1S/C26H30NO6PS/c1-4-6-15-32-25(28)19(3)27-34(30,33-22-10-8-7-9-11-22)18-20-12-13-23-21(16-20)17-24(35-23)26(29)31-14-5-2/h5,7-13,16-17,19H,2,4,6,14-15,18H2,1,3H3,(H,27,30)/t19-,34?/m0/s1. The van der Waals surface area contributed by atoms with Gasteiger partial charge in [0.25, 0.3) is 0 Å². The molecule has 0 amide bonds. The van der Waals surface area contributed by atoms with E-state index in [-0.39, 0.29) is 12.8 Å². The third-order valence-corrected chi connectivity index (χ3v) is 8.15. The van der Waals surface area contributed by atoms with Gasteiger partial charge in [-0.05, 0) is 54.6 Å². The predicted octanol–water partition coefficient (Wildman–Crippen LogP) is 6.34. The van der Waals surface area contributed by atoms with Gasteiger partial charge in [-0.25, -0.2) is 9.88 Å². The number of para-hydroxylation sites is 1. The molecule has 0 aliphatic carbocycles. The fourth-order valence-corrected chi connectivity index (χ4v) is 6.26. The minimum atomic E-state index is -3.57. The number of thiophene rings is 1. The first-order valence-corrected chi connectivity index (χ1v) is 14.0. The summed E-state index contributed by atoms with van der Waals surface area (Å²) in [6.07, 6.45) is 3.22. The van der Waals surface area contributed by atoms with Crippen molar-refractivity contribution in [3.63, 3.8) is 0 Å². The molecule has 1 aromatic heterocycles. The second-order valence-electron chi connectivity index (χ2n) is 7.98. The summed E-state index contributed by atoms with van der Waals surface area (Å²) in [6.45, 7) is 7.62. The lowest BCUT2D eigenvalue weighted by Gasteiger charge is -2.24. The largest absolute Gasteiger partial charge is 0.465 e. The van der Waals surface area contributed by atoms with Crippen molar-refractivity contribution in [3.05, 3.63) is 77.7 Å². The van der Waals surface area contributed by atoms with Crippen LogP contribution in [0.4, 0.5) is 0 Å². The Bertz CT molecular complexity index is 1210. The molecule has 2 atom stereocenters. The summed E-state index contributed by atoms with van der Waals surface area (Å²) in [5.41, 5.74) is 0.736. The van der Waals surface area contributed by atoms with E-state index >= 15 is 0 Å². The summed E-state index contributed by atoms with van der Waals surface area (Å²) in [5, 5.41) is 3.72. The van der Waals surface area contributed by atoms with Crippen molar-refractivity contribution in [1.82, 2.24) is 5.09 Å². The molecule has 9 heteroatoms. The van der Waals surface area contributed by atoms with E-state index < -0.39 is 25.5 Å². The van der Waals surface area contributed by atoms with Gasteiger partial charge in [0.1, 0.15) is 23.3 Å². The fraction of sp³-hybridized carbons (Fsp3) is 0.308. The van der Waals surface area contributed by atoms with Crippen LogP contribution in [0.15, 0.2) is 67.3 Å². The SMILES string of the molecule is C=CCOC(=O)c1cc2cc(CP(=O)(N[C@@H](C)C(=O)OCCCC)Oc3ccccc3)ccc2s1. The van der Waals surface area contributed by atoms with Crippen LogP contribution in [0.3, 0.4) is 0 Å². The van der Waals surface area contributed by atoms with Crippen LogP contribution < -0.4 is 9.61 Å². The lowest BCUT2D eigenvalue weighted by molar-refractivity contribution is -0.145. The third-order valence-electron chi connectivity index (χ3n) is 4.99. The van der Waals surface area contributed by atoms with Crippen LogP contribution in [0, 0.1) is 0 Å². The minimum absolute atomic E-state index is 0.0382. The Morgan fingerprint density at radius 2 is 1.91 bits per heavy atom. The molecule has 35 heavy (non-hydrogen) atoms. The zero-order chi connectivity index (χ0) is 25.3. The van der Waals surface area contributed by atoms with Crippen molar-refractivity contribution in [2.75, 3.05) is 13.2 Å². The molecule has 0 fully saturated rings. The molecule has 0 bridgehead atoms. The second-order valence-corrected chi connectivity index (χ2v) is 11.2. The molecule has 7 nitrogen and oxygen atoms in total. The van der Waals surface area contributed by atoms with Crippen LogP contribution in [0.5, 0.6) is 5.75 Å². The van der Waals surface area contributed by atoms with Gasteiger partial charge in [-0.2, -0.15) is 0 Å². The molecule has 0 aliphatic rings. The van der Waals surface area contributed by atoms with Crippen molar-refractivity contribution in [1.29, 1.82) is 0 Å². The normalized spacial score (nSPS) is 13.5. The lowest BCUT2D eigenvalue weighted by atomic mass is 10.2. The summed E-state index contributed by atoms with van der Waals surface area (Å²) < 4.78 is 31.1. The Morgan fingerprint density at radius 3 is 2.63 bits per heavy atom. The minimum Gasteiger partial charge on any atom is -0.465 e. The van der Waals surface area contributed by atoms with Crippen LogP contribution in [0.1, 0.15) is 41.9 Å². The Morgan fingerprint density at radius 1 is 1.14 bits per heavy atom. The van der Waals surface area contributed by atoms with E-state index in [9.17, 15) is 14.2 Å². The number of esters is 2. The van der Waals surface area contributed by atoms with E-state index in [0.29, 0.717) is 17.2 Å². The van der Waals surface area contributed by atoms with Gasteiger partial charge >= 0.3 is 19.5 Å². The molecule has 1 N–H and O–H groups in total. The first-order chi connectivity index (χ1) is 16.8. The maximum atomic E-state index is 13.9. The van der Waals surface area contributed by atoms with Crippen LogP contribution in [0.25, 0.3) is 10.1 Å². The molecule has 0 spiro atoms. The van der Waals surface area contributed by atoms with Gasteiger partial charge in [0.15, 0.2) is 0 Å². The summed E-state index contributed by atoms with van der Waals surface area (Å²) in [4.78, 5) is 25.1. The average molecular weight is 516 g/mol. The molecular formula is C26H30NO6PS. The average Bonchev–Trinajstić information content (AvgIpc) is 3.26. The molecule has 0 aliphatic heterocycles. The Kier molecular flexibility index (Phi) is 9.66. The highest BCUT2D eigenvalue weighted by atomic mass is 32.1. The summed E-state index contributed by atoms with van der Waals surface area (Å²) >= 11 is 1.32. The van der Waals surface area contributed by atoms with E-state index in [0.717, 1.165) is 28.5 Å². The van der Waals surface area contributed by atoms with Crippen molar-refractivity contribution >= 4 is 40.9 Å². The molecule has 186 valence electrons. The van der Waals surface area contributed by atoms with Crippen LogP contribution >= 0.6 is 18.9 Å². The number of hydrogen-bond acceptors (Lipinski definition) is 7. The Labute approximate surface area is 209 Å². The first kappa shape index (κ1) is 26.7. The summed E-state index contributed by atoms with van der Waals surface area (Å²) in [7, 11) is -3.57. The van der Waals surface area contributed by atoms with Gasteiger partial charge in [0, 0.05) is 4.70 Å². The van der Waals surface area contributed by atoms with Gasteiger partial charge in [-0.1, -0.05) is 50.3 Å². The maximum Gasteiger partial charge on any atom is 0.348 e. The molecule has 0 saturated carbocycles. The third kappa shape index (κ3) is 7.79. The van der Waals surface area contributed by atoms with E-state index in [1.54, 1.807) is 37.3 Å². The number of hydrogen-bond donors (Lipinski definition) is 1. The number of carbonyl (C=O) groups excluding carboxylic acids is 2. The quantitative estimate of drug-likeness (QED) is 0.123. The highest BCUT2D eigenvalue weighted by Crippen LogP contribution is 2.47.